The van der Waals surface area contributed by atoms with E-state index in [2.05, 4.69) is 23.5 Å². The van der Waals surface area contributed by atoms with Gasteiger partial charge < -0.3 is 4.74 Å². The van der Waals surface area contributed by atoms with Crippen LogP contribution in [0.2, 0.25) is 0 Å². The maximum absolute atomic E-state index is 5.99. The molecule has 0 bridgehead atoms. The number of benzene rings is 1. The quantitative estimate of drug-likeness (QED) is 0.440. The van der Waals surface area contributed by atoms with Crippen molar-refractivity contribution in [1.82, 2.24) is 0 Å². The van der Waals surface area contributed by atoms with Gasteiger partial charge in [0, 0.05) is 23.3 Å². The van der Waals surface area contributed by atoms with Gasteiger partial charge in [-0.1, -0.05) is 31.5 Å². The van der Waals surface area contributed by atoms with Gasteiger partial charge in [-0.05, 0) is 37.8 Å². The molecule has 0 spiro atoms. The van der Waals surface area contributed by atoms with E-state index in [9.17, 15) is 0 Å². The van der Waals surface area contributed by atoms with Gasteiger partial charge in [0.15, 0.2) is 5.90 Å². The first-order chi connectivity index (χ1) is 8.88. The number of rotatable bonds is 4. The Balaban J connectivity index is 1.87. The van der Waals surface area contributed by atoms with Crippen LogP contribution in [-0.2, 0) is 4.74 Å². The van der Waals surface area contributed by atoms with Crippen LogP contribution >= 0.6 is 11.9 Å². The fourth-order valence-corrected chi connectivity index (χ4v) is 2.79. The Labute approximate surface area is 114 Å². The summed E-state index contributed by atoms with van der Waals surface area (Å²) >= 11 is 1.50. The highest BCUT2D eigenvalue weighted by Crippen LogP contribution is 2.23. The third kappa shape index (κ3) is 4.37. The Morgan fingerprint density at radius 3 is 2.61 bits per heavy atom. The molecular weight excluding hydrogens is 242 g/mol. The molecule has 0 radical (unpaired) electrons. The topological polar surface area (TPSA) is 21.6 Å². The van der Waals surface area contributed by atoms with Gasteiger partial charge in [-0.3, -0.25) is 0 Å². The molecule has 1 fully saturated rings. The van der Waals surface area contributed by atoms with Crippen LogP contribution in [0.25, 0.3) is 0 Å². The minimum atomic E-state index is 0.397. The fraction of sp³-hybridized carbons (Fsp3) is 0.533. The molecule has 1 aliphatic carbocycles. The van der Waals surface area contributed by atoms with Crippen molar-refractivity contribution in [2.75, 3.05) is 0 Å². The molecule has 1 saturated carbocycles. The summed E-state index contributed by atoms with van der Waals surface area (Å²) in [7, 11) is 0. The second-order valence-electron chi connectivity index (χ2n) is 4.62. The second-order valence-corrected chi connectivity index (χ2v) is 5.46. The third-order valence-electron chi connectivity index (χ3n) is 3.15. The molecule has 18 heavy (non-hydrogen) atoms. The summed E-state index contributed by atoms with van der Waals surface area (Å²) in [6.07, 6.45) is 7.60. The van der Waals surface area contributed by atoms with Crippen LogP contribution in [0.4, 0.5) is 0 Å². The van der Waals surface area contributed by atoms with Crippen molar-refractivity contribution in [3.8, 4) is 0 Å². The molecule has 2 nitrogen and oxygen atoms in total. The largest absolute Gasteiger partial charge is 0.477 e. The third-order valence-corrected chi connectivity index (χ3v) is 3.93. The molecule has 0 atom stereocenters. The molecule has 98 valence electrons. The molecular formula is C15H21NOS. The Morgan fingerprint density at radius 1 is 1.22 bits per heavy atom. The smallest absolute Gasteiger partial charge is 0.195 e. The molecule has 0 saturated heterocycles. The van der Waals surface area contributed by atoms with Crippen molar-refractivity contribution in [3.63, 3.8) is 0 Å². The minimum absolute atomic E-state index is 0.397. The van der Waals surface area contributed by atoms with Crippen molar-refractivity contribution in [2.24, 2.45) is 4.40 Å². The minimum Gasteiger partial charge on any atom is -0.477 e. The Kier molecular flexibility index (Phi) is 5.59. The van der Waals surface area contributed by atoms with E-state index in [-0.39, 0.29) is 0 Å². The van der Waals surface area contributed by atoms with Gasteiger partial charge in [0.05, 0.1) is 0 Å². The van der Waals surface area contributed by atoms with Gasteiger partial charge >= 0.3 is 0 Å². The monoisotopic (exact) mass is 263 g/mol. The first-order valence-electron chi connectivity index (χ1n) is 6.84. The van der Waals surface area contributed by atoms with E-state index in [1.807, 2.05) is 18.2 Å². The molecule has 2 rings (SSSR count). The highest BCUT2D eigenvalue weighted by molar-refractivity contribution is 7.98. The van der Waals surface area contributed by atoms with Gasteiger partial charge in [-0.2, -0.15) is 4.40 Å². The zero-order valence-electron chi connectivity index (χ0n) is 11.0. The molecule has 0 heterocycles. The van der Waals surface area contributed by atoms with Crippen molar-refractivity contribution < 1.29 is 4.74 Å². The van der Waals surface area contributed by atoms with Crippen LogP contribution in [0.5, 0.6) is 0 Å². The number of ether oxygens (including phenoxy) is 1. The zero-order valence-corrected chi connectivity index (χ0v) is 11.8. The maximum Gasteiger partial charge on any atom is 0.195 e. The van der Waals surface area contributed by atoms with Crippen LogP contribution in [0.1, 0.15) is 45.4 Å². The summed E-state index contributed by atoms with van der Waals surface area (Å²) in [6, 6.07) is 10.2. The van der Waals surface area contributed by atoms with Crippen LogP contribution in [0.15, 0.2) is 39.6 Å². The summed E-state index contributed by atoms with van der Waals surface area (Å²) in [4.78, 5) is 1.16. The Bertz CT molecular complexity index is 371. The number of nitrogens with zero attached hydrogens (tertiary/aromatic N) is 1. The van der Waals surface area contributed by atoms with Crippen LogP contribution < -0.4 is 0 Å². The summed E-state index contributed by atoms with van der Waals surface area (Å²) in [5.74, 6) is 0.885. The lowest BCUT2D eigenvalue weighted by molar-refractivity contribution is 0.139. The van der Waals surface area contributed by atoms with E-state index in [1.165, 1.54) is 44.1 Å². The molecule has 0 unspecified atom stereocenters. The van der Waals surface area contributed by atoms with Crippen LogP contribution in [0, 0.1) is 0 Å². The molecule has 1 aromatic carbocycles. The normalized spacial score (nSPS) is 17.7. The maximum atomic E-state index is 5.99. The summed E-state index contributed by atoms with van der Waals surface area (Å²) in [6.45, 7) is 2.10. The van der Waals surface area contributed by atoms with Gasteiger partial charge in [-0.25, -0.2) is 0 Å². The van der Waals surface area contributed by atoms with E-state index >= 15 is 0 Å². The van der Waals surface area contributed by atoms with Crippen molar-refractivity contribution >= 4 is 17.8 Å². The SMILES string of the molecule is CC/C(=N/Sc1ccccc1)OC1CCCCC1. The summed E-state index contributed by atoms with van der Waals surface area (Å²) in [5.41, 5.74) is 0. The predicted molar refractivity (Wildman–Crippen MR) is 78.0 cm³/mol. The van der Waals surface area contributed by atoms with Crippen molar-refractivity contribution in [2.45, 2.75) is 56.4 Å². The highest BCUT2D eigenvalue weighted by atomic mass is 32.2. The lowest BCUT2D eigenvalue weighted by atomic mass is 9.98. The van der Waals surface area contributed by atoms with Crippen LogP contribution in [0.3, 0.4) is 0 Å². The first kappa shape index (κ1) is 13.5. The van der Waals surface area contributed by atoms with Gasteiger partial charge in [0.2, 0.25) is 0 Å². The second kappa shape index (κ2) is 7.47. The number of hydrogen-bond donors (Lipinski definition) is 0. The Morgan fingerprint density at radius 2 is 1.94 bits per heavy atom. The van der Waals surface area contributed by atoms with Crippen molar-refractivity contribution in [3.05, 3.63) is 30.3 Å². The van der Waals surface area contributed by atoms with Gasteiger partial charge in [-0.15, -0.1) is 0 Å². The van der Waals surface area contributed by atoms with E-state index in [0.717, 1.165) is 17.2 Å². The van der Waals surface area contributed by atoms with Crippen LogP contribution in [-0.4, -0.2) is 12.0 Å². The summed E-state index contributed by atoms with van der Waals surface area (Å²) in [5, 5.41) is 0. The highest BCUT2D eigenvalue weighted by Gasteiger charge is 2.15. The van der Waals surface area contributed by atoms with Crippen molar-refractivity contribution in [1.29, 1.82) is 0 Å². The molecule has 1 aliphatic rings. The fourth-order valence-electron chi connectivity index (χ4n) is 2.13. The van der Waals surface area contributed by atoms with E-state index < -0.39 is 0 Å². The lowest BCUT2D eigenvalue weighted by Gasteiger charge is -2.23. The molecule has 0 aromatic heterocycles. The first-order valence-corrected chi connectivity index (χ1v) is 7.61. The average molecular weight is 263 g/mol. The molecule has 3 heteroatoms. The number of hydrogen-bond acceptors (Lipinski definition) is 3. The van der Waals surface area contributed by atoms with E-state index in [1.54, 1.807) is 0 Å². The lowest BCUT2D eigenvalue weighted by Crippen LogP contribution is -2.20. The average Bonchev–Trinajstić information content (AvgIpc) is 2.45. The van der Waals surface area contributed by atoms with E-state index in [0.29, 0.717) is 6.10 Å². The van der Waals surface area contributed by atoms with Gasteiger partial charge in [0.25, 0.3) is 0 Å². The molecule has 0 aliphatic heterocycles. The molecule has 0 amide bonds. The predicted octanol–water partition coefficient (Wildman–Crippen LogP) is 4.85. The van der Waals surface area contributed by atoms with E-state index in [4.69, 9.17) is 4.74 Å². The molecule has 0 N–H and O–H groups in total. The standard InChI is InChI=1S/C15H21NOS/c1-2-15(17-13-9-5-3-6-10-13)16-18-14-11-7-4-8-12-14/h4,7-8,11-13H,2-3,5-6,9-10H2,1H3/b16-15-. The molecule has 1 aromatic rings. The zero-order chi connectivity index (χ0) is 12.6. The summed E-state index contributed by atoms with van der Waals surface area (Å²) < 4.78 is 10.5. The Hall–Kier alpha value is -0.960. The van der Waals surface area contributed by atoms with Gasteiger partial charge in [0.1, 0.15) is 6.10 Å².